The molecule has 0 aromatic rings. The number of hydrogen-bond acceptors (Lipinski definition) is 1. The van der Waals surface area contributed by atoms with Crippen LogP contribution in [0.4, 0.5) is 0 Å². The maximum Gasteiger partial charge on any atom is 0.0552 e. The molecule has 0 aliphatic carbocycles. The van der Waals surface area contributed by atoms with E-state index in [2.05, 4.69) is 23.5 Å². The van der Waals surface area contributed by atoms with Gasteiger partial charge in [-0.05, 0) is 12.0 Å². The second kappa shape index (κ2) is 6.17. The standard InChI is InChI=1S/C7H13N3/c1-3-5-6-7(4-2)9-10-8/h4,7H,2-3,5-6H2,1H3/t7-/m0/s1. The third-order valence-electron chi connectivity index (χ3n) is 1.33. The van der Waals surface area contributed by atoms with Crippen molar-refractivity contribution >= 4 is 0 Å². The zero-order valence-electron chi connectivity index (χ0n) is 6.32. The van der Waals surface area contributed by atoms with Crippen molar-refractivity contribution in [3.8, 4) is 0 Å². The Balaban J connectivity index is 3.60. The topological polar surface area (TPSA) is 48.8 Å². The Bertz CT molecular complexity index is 136. The van der Waals surface area contributed by atoms with E-state index >= 15 is 0 Å². The Morgan fingerprint density at radius 2 is 2.50 bits per heavy atom. The molecular weight excluding hydrogens is 126 g/mol. The van der Waals surface area contributed by atoms with Gasteiger partial charge in [-0.25, -0.2) is 0 Å². The Morgan fingerprint density at radius 3 is 2.90 bits per heavy atom. The third-order valence-corrected chi connectivity index (χ3v) is 1.33. The lowest BCUT2D eigenvalue weighted by Crippen LogP contribution is -1.96. The van der Waals surface area contributed by atoms with Crippen molar-refractivity contribution in [2.75, 3.05) is 0 Å². The van der Waals surface area contributed by atoms with E-state index in [1.807, 2.05) is 0 Å². The highest BCUT2D eigenvalue weighted by molar-refractivity contribution is 4.85. The predicted molar refractivity (Wildman–Crippen MR) is 42.7 cm³/mol. The normalized spacial score (nSPS) is 11.7. The Morgan fingerprint density at radius 1 is 1.80 bits per heavy atom. The van der Waals surface area contributed by atoms with Crippen LogP contribution in [0.2, 0.25) is 0 Å². The number of rotatable bonds is 5. The summed E-state index contributed by atoms with van der Waals surface area (Å²) < 4.78 is 0. The minimum absolute atomic E-state index is 0.00931. The highest BCUT2D eigenvalue weighted by Gasteiger charge is 1.97. The second-order valence-electron chi connectivity index (χ2n) is 2.15. The molecule has 0 saturated carbocycles. The molecule has 3 heteroatoms. The average molecular weight is 139 g/mol. The van der Waals surface area contributed by atoms with Crippen LogP contribution in [0.3, 0.4) is 0 Å². The van der Waals surface area contributed by atoms with Gasteiger partial charge in [0.15, 0.2) is 0 Å². The van der Waals surface area contributed by atoms with Gasteiger partial charge in [-0.1, -0.05) is 31.0 Å². The van der Waals surface area contributed by atoms with Crippen LogP contribution in [0.5, 0.6) is 0 Å². The van der Waals surface area contributed by atoms with E-state index in [9.17, 15) is 0 Å². The molecule has 0 fully saturated rings. The number of azide groups is 1. The molecule has 10 heavy (non-hydrogen) atoms. The highest BCUT2D eigenvalue weighted by atomic mass is 15.1. The third kappa shape index (κ3) is 3.98. The lowest BCUT2D eigenvalue weighted by Gasteiger charge is -2.01. The molecule has 3 nitrogen and oxygen atoms in total. The minimum Gasteiger partial charge on any atom is -0.103 e. The SMILES string of the molecule is C=C[C@@H](CCCC)N=[N+]=[N-]. The maximum absolute atomic E-state index is 8.08. The smallest absolute Gasteiger partial charge is 0.0552 e. The van der Waals surface area contributed by atoms with Crippen LogP contribution in [-0.4, -0.2) is 6.04 Å². The molecule has 1 atom stereocenters. The summed E-state index contributed by atoms with van der Waals surface area (Å²) in [7, 11) is 0. The van der Waals surface area contributed by atoms with E-state index in [4.69, 9.17) is 5.53 Å². The molecule has 0 aromatic heterocycles. The number of hydrogen-bond donors (Lipinski definition) is 0. The Labute approximate surface area is 61.4 Å². The Hall–Kier alpha value is -0.950. The molecule has 0 aromatic carbocycles. The molecule has 0 N–H and O–H groups in total. The van der Waals surface area contributed by atoms with Crippen molar-refractivity contribution in [3.63, 3.8) is 0 Å². The number of nitrogens with zero attached hydrogens (tertiary/aromatic N) is 3. The summed E-state index contributed by atoms with van der Waals surface area (Å²) in [4.78, 5) is 2.71. The molecule has 0 bridgehead atoms. The largest absolute Gasteiger partial charge is 0.103 e. The van der Waals surface area contributed by atoms with Crippen LogP contribution < -0.4 is 0 Å². The first-order valence-corrected chi connectivity index (χ1v) is 3.52. The second-order valence-corrected chi connectivity index (χ2v) is 2.15. The quantitative estimate of drug-likeness (QED) is 0.243. The number of unbranched alkanes of at least 4 members (excludes halogenated alkanes) is 1. The van der Waals surface area contributed by atoms with Crippen LogP contribution in [-0.2, 0) is 0 Å². The summed E-state index contributed by atoms with van der Waals surface area (Å²) in [5.74, 6) is 0. The minimum atomic E-state index is -0.00931. The first-order valence-electron chi connectivity index (χ1n) is 3.52. The first kappa shape index (κ1) is 9.05. The lowest BCUT2D eigenvalue weighted by atomic mass is 10.1. The molecule has 0 unspecified atom stereocenters. The molecule has 56 valence electrons. The summed E-state index contributed by atoms with van der Waals surface area (Å²) in [5, 5.41) is 3.54. The van der Waals surface area contributed by atoms with Gasteiger partial charge in [-0.3, -0.25) is 0 Å². The van der Waals surface area contributed by atoms with Gasteiger partial charge in [-0.2, -0.15) is 0 Å². The lowest BCUT2D eigenvalue weighted by molar-refractivity contribution is 0.653. The monoisotopic (exact) mass is 139 g/mol. The van der Waals surface area contributed by atoms with Gasteiger partial charge in [0.05, 0.1) is 6.04 Å². The molecular formula is C7H13N3. The van der Waals surface area contributed by atoms with Gasteiger partial charge in [0.1, 0.15) is 0 Å². The highest BCUT2D eigenvalue weighted by Crippen LogP contribution is 2.04. The van der Waals surface area contributed by atoms with Gasteiger partial charge in [-0.15, -0.1) is 6.58 Å². The van der Waals surface area contributed by atoms with Crippen molar-refractivity contribution < 1.29 is 0 Å². The van der Waals surface area contributed by atoms with Crippen molar-refractivity contribution in [1.82, 2.24) is 0 Å². The van der Waals surface area contributed by atoms with Gasteiger partial charge in [0.25, 0.3) is 0 Å². The van der Waals surface area contributed by atoms with E-state index in [0.29, 0.717) is 0 Å². The predicted octanol–water partition coefficient (Wildman–Crippen LogP) is 3.04. The zero-order chi connectivity index (χ0) is 7.82. The fourth-order valence-corrected chi connectivity index (χ4v) is 0.702. The van der Waals surface area contributed by atoms with Crippen LogP contribution >= 0.6 is 0 Å². The molecule has 0 spiro atoms. The molecule has 0 saturated heterocycles. The van der Waals surface area contributed by atoms with Gasteiger partial charge < -0.3 is 0 Å². The fourth-order valence-electron chi connectivity index (χ4n) is 0.702. The molecule has 0 radical (unpaired) electrons. The fraction of sp³-hybridized carbons (Fsp3) is 0.714. The van der Waals surface area contributed by atoms with Crippen LogP contribution in [0.15, 0.2) is 17.8 Å². The summed E-state index contributed by atoms with van der Waals surface area (Å²) in [6.07, 6.45) is 4.83. The van der Waals surface area contributed by atoms with Crippen molar-refractivity contribution in [2.24, 2.45) is 5.11 Å². The summed E-state index contributed by atoms with van der Waals surface area (Å²) in [5.41, 5.74) is 8.08. The molecule has 0 aliphatic heterocycles. The molecule has 0 heterocycles. The summed E-state index contributed by atoms with van der Waals surface area (Å²) in [6, 6.07) is -0.00931. The first-order chi connectivity index (χ1) is 4.85. The summed E-state index contributed by atoms with van der Waals surface area (Å²) >= 11 is 0. The van der Waals surface area contributed by atoms with Gasteiger partial charge in [0.2, 0.25) is 0 Å². The average Bonchev–Trinajstić information content (AvgIpc) is 1.98. The van der Waals surface area contributed by atoms with Gasteiger partial charge >= 0.3 is 0 Å². The van der Waals surface area contributed by atoms with Crippen molar-refractivity contribution in [2.45, 2.75) is 32.2 Å². The van der Waals surface area contributed by atoms with Crippen molar-refractivity contribution in [3.05, 3.63) is 23.1 Å². The zero-order valence-corrected chi connectivity index (χ0v) is 6.32. The van der Waals surface area contributed by atoms with E-state index < -0.39 is 0 Å². The van der Waals surface area contributed by atoms with E-state index in [1.165, 1.54) is 0 Å². The molecule has 0 aliphatic rings. The van der Waals surface area contributed by atoms with Crippen LogP contribution in [0, 0.1) is 0 Å². The molecule has 0 rings (SSSR count). The Kier molecular flexibility index (Phi) is 5.59. The van der Waals surface area contributed by atoms with Crippen LogP contribution in [0.25, 0.3) is 10.4 Å². The summed E-state index contributed by atoms with van der Waals surface area (Å²) in [6.45, 7) is 5.68. The van der Waals surface area contributed by atoms with Gasteiger partial charge in [0, 0.05) is 4.91 Å². The van der Waals surface area contributed by atoms with E-state index in [0.717, 1.165) is 19.3 Å². The van der Waals surface area contributed by atoms with Crippen LogP contribution in [0.1, 0.15) is 26.2 Å². The van der Waals surface area contributed by atoms with E-state index in [1.54, 1.807) is 6.08 Å². The molecule has 0 amide bonds. The van der Waals surface area contributed by atoms with Crippen molar-refractivity contribution in [1.29, 1.82) is 0 Å². The maximum atomic E-state index is 8.08. The van der Waals surface area contributed by atoms with E-state index in [-0.39, 0.29) is 6.04 Å².